The number of allylic oxidation sites excluding steroid dienone is 1. The van der Waals surface area contributed by atoms with Gasteiger partial charge in [-0.3, -0.25) is 0 Å². The highest BCUT2D eigenvalue weighted by Gasteiger charge is 2.07. The summed E-state index contributed by atoms with van der Waals surface area (Å²) in [6, 6.07) is -0.568. The lowest BCUT2D eigenvalue weighted by atomic mass is 10.4. The van der Waals surface area contributed by atoms with E-state index in [1.54, 1.807) is 13.8 Å². The Balaban J connectivity index is 3.64. The molecule has 0 aromatic heterocycles. The number of ether oxygens (including phenoxy) is 1. The van der Waals surface area contributed by atoms with Crippen LogP contribution >= 0.6 is 0 Å². The van der Waals surface area contributed by atoms with Crippen LogP contribution in [-0.4, -0.2) is 12.0 Å². The monoisotopic (exact) mass is 129 g/mol. The van der Waals surface area contributed by atoms with E-state index in [0.717, 1.165) is 0 Å². The second-order valence-corrected chi connectivity index (χ2v) is 1.91. The van der Waals surface area contributed by atoms with Crippen molar-refractivity contribution in [3.05, 3.63) is 12.3 Å². The Morgan fingerprint density at radius 1 is 1.78 bits per heavy atom. The van der Waals surface area contributed by atoms with E-state index in [1.165, 1.54) is 0 Å². The highest BCUT2D eigenvalue weighted by atomic mass is 16.5. The molecular weight excluding hydrogens is 118 g/mol. The van der Waals surface area contributed by atoms with Gasteiger partial charge in [-0.05, 0) is 13.8 Å². The van der Waals surface area contributed by atoms with E-state index in [0.29, 0.717) is 5.76 Å². The first kappa shape index (κ1) is 8.17. The Morgan fingerprint density at radius 3 is 2.33 bits per heavy atom. The topological polar surface area (TPSA) is 52.3 Å². The van der Waals surface area contributed by atoms with Gasteiger partial charge in [-0.15, -0.1) is 0 Å². The van der Waals surface area contributed by atoms with Crippen molar-refractivity contribution in [2.45, 2.75) is 19.9 Å². The molecule has 0 radical (unpaired) electrons. The fourth-order valence-electron chi connectivity index (χ4n) is 0.265. The molecule has 0 aliphatic heterocycles. The molecule has 0 aromatic carbocycles. The summed E-state index contributed by atoms with van der Waals surface area (Å²) in [4.78, 5) is 10.5. The third-order valence-corrected chi connectivity index (χ3v) is 0.647. The van der Waals surface area contributed by atoms with Crippen molar-refractivity contribution in [3.8, 4) is 0 Å². The number of esters is 1. The third-order valence-electron chi connectivity index (χ3n) is 0.647. The lowest BCUT2D eigenvalue weighted by Gasteiger charge is -2.03. The molecule has 0 saturated carbocycles. The molecule has 1 unspecified atom stereocenters. The van der Waals surface area contributed by atoms with Crippen molar-refractivity contribution in [1.82, 2.24) is 0 Å². The molecule has 0 heterocycles. The highest BCUT2D eigenvalue weighted by Crippen LogP contribution is 1.92. The summed E-state index contributed by atoms with van der Waals surface area (Å²) >= 11 is 0. The summed E-state index contributed by atoms with van der Waals surface area (Å²) in [5.41, 5.74) is 5.17. The van der Waals surface area contributed by atoms with Crippen molar-refractivity contribution in [2.24, 2.45) is 5.73 Å². The molecule has 0 fully saturated rings. The Morgan fingerprint density at radius 2 is 2.22 bits per heavy atom. The van der Waals surface area contributed by atoms with Crippen molar-refractivity contribution in [1.29, 1.82) is 0 Å². The van der Waals surface area contributed by atoms with E-state index in [1.807, 2.05) is 0 Å². The fraction of sp³-hybridized carbons (Fsp3) is 0.500. The molecule has 0 aromatic rings. The van der Waals surface area contributed by atoms with Gasteiger partial charge < -0.3 is 10.5 Å². The molecule has 52 valence electrons. The largest absolute Gasteiger partial charge is 0.431 e. The fourth-order valence-corrected chi connectivity index (χ4v) is 0.265. The molecule has 0 aliphatic rings. The zero-order valence-electron chi connectivity index (χ0n) is 5.68. The van der Waals surface area contributed by atoms with Crippen LogP contribution in [0.15, 0.2) is 12.3 Å². The molecule has 9 heavy (non-hydrogen) atoms. The molecule has 0 amide bonds. The van der Waals surface area contributed by atoms with E-state index in [-0.39, 0.29) is 0 Å². The van der Waals surface area contributed by atoms with Gasteiger partial charge in [0.1, 0.15) is 6.04 Å². The molecule has 3 nitrogen and oxygen atoms in total. The van der Waals surface area contributed by atoms with Gasteiger partial charge in [-0.25, -0.2) is 4.79 Å². The maximum absolute atomic E-state index is 10.5. The standard InChI is InChI=1S/C6H11NO2/c1-4(2)9-6(8)5(3)7/h5H,1,7H2,2-3H3. The number of nitrogens with two attached hydrogens (primary N) is 1. The minimum Gasteiger partial charge on any atom is -0.431 e. The molecular formula is C6H11NO2. The summed E-state index contributed by atoms with van der Waals surface area (Å²) in [5.74, 6) is -0.0696. The number of rotatable bonds is 2. The zero-order chi connectivity index (χ0) is 7.44. The van der Waals surface area contributed by atoms with Crippen LogP contribution in [0.1, 0.15) is 13.8 Å². The van der Waals surface area contributed by atoms with E-state index in [2.05, 4.69) is 11.3 Å². The normalized spacial score (nSPS) is 12.3. The Labute approximate surface area is 54.5 Å². The van der Waals surface area contributed by atoms with Gasteiger partial charge in [0.05, 0.1) is 5.76 Å². The van der Waals surface area contributed by atoms with E-state index in [9.17, 15) is 4.79 Å². The number of carbonyl (C=O) groups is 1. The molecule has 0 saturated heterocycles. The summed E-state index contributed by atoms with van der Waals surface area (Å²) in [7, 11) is 0. The number of carbonyl (C=O) groups excluding carboxylic acids is 1. The van der Waals surface area contributed by atoms with Gasteiger partial charge in [0.15, 0.2) is 0 Å². The van der Waals surface area contributed by atoms with Crippen LogP contribution in [0.25, 0.3) is 0 Å². The van der Waals surface area contributed by atoms with E-state index < -0.39 is 12.0 Å². The Bertz CT molecular complexity index is 129. The average Bonchev–Trinajstić information content (AvgIpc) is 1.63. The first-order chi connectivity index (χ1) is 4.04. The summed E-state index contributed by atoms with van der Waals surface area (Å²) in [6.07, 6.45) is 0. The molecule has 1 atom stereocenters. The predicted molar refractivity (Wildman–Crippen MR) is 34.6 cm³/mol. The first-order valence-electron chi connectivity index (χ1n) is 2.67. The van der Waals surface area contributed by atoms with Gasteiger partial charge in [0, 0.05) is 0 Å². The SMILES string of the molecule is C=C(C)OC(=O)C(C)N. The molecule has 2 N–H and O–H groups in total. The maximum Gasteiger partial charge on any atom is 0.327 e. The number of hydrogen-bond donors (Lipinski definition) is 1. The highest BCUT2D eigenvalue weighted by molar-refractivity contribution is 5.75. The van der Waals surface area contributed by atoms with Crippen LogP contribution in [0.2, 0.25) is 0 Å². The average molecular weight is 129 g/mol. The van der Waals surface area contributed by atoms with Crippen LogP contribution in [0.5, 0.6) is 0 Å². The molecule has 0 rings (SSSR count). The lowest BCUT2D eigenvalue weighted by molar-refractivity contribution is -0.140. The van der Waals surface area contributed by atoms with Crippen LogP contribution in [-0.2, 0) is 9.53 Å². The molecule has 0 aliphatic carbocycles. The molecule has 0 bridgehead atoms. The van der Waals surface area contributed by atoms with Gasteiger partial charge in [-0.2, -0.15) is 0 Å². The second-order valence-electron chi connectivity index (χ2n) is 1.91. The Hall–Kier alpha value is -0.830. The van der Waals surface area contributed by atoms with Crippen LogP contribution in [0.3, 0.4) is 0 Å². The van der Waals surface area contributed by atoms with Crippen molar-refractivity contribution < 1.29 is 9.53 Å². The van der Waals surface area contributed by atoms with Crippen molar-refractivity contribution >= 4 is 5.97 Å². The Kier molecular flexibility index (Phi) is 2.95. The second kappa shape index (κ2) is 3.25. The smallest absolute Gasteiger partial charge is 0.327 e. The van der Waals surface area contributed by atoms with Crippen LogP contribution < -0.4 is 5.73 Å². The van der Waals surface area contributed by atoms with Gasteiger partial charge >= 0.3 is 5.97 Å². The van der Waals surface area contributed by atoms with Crippen molar-refractivity contribution in [2.75, 3.05) is 0 Å². The zero-order valence-corrected chi connectivity index (χ0v) is 5.68. The molecule has 0 spiro atoms. The lowest BCUT2D eigenvalue weighted by Crippen LogP contribution is -2.28. The summed E-state index contributed by atoms with van der Waals surface area (Å²) < 4.78 is 4.55. The van der Waals surface area contributed by atoms with Crippen LogP contribution in [0, 0.1) is 0 Å². The number of hydrogen-bond acceptors (Lipinski definition) is 3. The quantitative estimate of drug-likeness (QED) is 0.434. The van der Waals surface area contributed by atoms with Gasteiger partial charge in [0.2, 0.25) is 0 Å². The predicted octanol–water partition coefficient (Wildman–Crippen LogP) is 0.410. The van der Waals surface area contributed by atoms with E-state index >= 15 is 0 Å². The van der Waals surface area contributed by atoms with Crippen LogP contribution in [0.4, 0.5) is 0 Å². The first-order valence-corrected chi connectivity index (χ1v) is 2.67. The minimum absolute atomic E-state index is 0.373. The van der Waals surface area contributed by atoms with Crippen molar-refractivity contribution in [3.63, 3.8) is 0 Å². The van der Waals surface area contributed by atoms with Gasteiger partial charge in [0.25, 0.3) is 0 Å². The maximum atomic E-state index is 10.5. The summed E-state index contributed by atoms with van der Waals surface area (Å²) in [6.45, 7) is 6.54. The third kappa shape index (κ3) is 3.73. The molecule has 3 heteroatoms. The van der Waals surface area contributed by atoms with E-state index in [4.69, 9.17) is 5.73 Å². The minimum atomic E-state index is -0.568. The van der Waals surface area contributed by atoms with Gasteiger partial charge in [-0.1, -0.05) is 6.58 Å². The summed E-state index contributed by atoms with van der Waals surface area (Å²) in [5, 5.41) is 0.